The second-order valence-electron chi connectivity index (χ2n) is 5.47. The number of Topliss-reactive ketones (excluding diaryl/α,β-unsaturated/α-hetero) is 1. The molecule has 0 saturated heterocycles. The number of carbonyl (C=O) groups is 3. The molecule has 0 spiro atoms. The van der Waals surface area contributed by atoms with Crippen molar-refractivity contribution in [1.29, 1.82) is 0 Å². The molecule has 0 radical (unpaired) electrons. The first-order valence-corrected chi connectivity index (χ1v) is 6.87. The van der Waals surface area contributed by atoms with E-state index in [1.807, 2.05) is 0 Å². The lowest BCUT2D eigenvalue weighted by Gasteiger charge is -2.31. The van der Waals surface area contributed by atoms with Crippen molar-refractivity contribution in [1.82, 2.24) is 4.90 Å². The maximum atomic E-state index is 12.0. The third kappa shape index (κ3) is 4.07. The normalized spacial score (nSPS) is 10.9. The zero-order valence-electron chi connectivity index (χ0n) is 13.3. The molecule has 0 bridgehead atoms. The van der Waals surface area contributed by atoms with Crippen molar-refractivity contribution >= 4 is 17.7 Å². The summed E-state index contributed by atoms with van der Waals surface area (Å²) in [6, 6.07) is 6.62. The number of carboxylic acids is 1. The first-order valence-electron chi connectivity index (χ1n) is 6.87. The number of nitrogens with zero attached hydrogens (tertiary/aromatic N) is 1. The molecule has 0 aliphatic carbocycles. The molecule has 0 fully saturated rings. The lowest BCUT2D eigenvalue weighted by molar-refractivity contribution is -0.155. The van der Waals surface area contributed by atoms with Gasteiger partial charge in [-0.25, -0.2) is 4.79 Å². The molecule has 1 amide bonds. The van der Waals surface area contributed by atoms with Gasteiger partial charge in [0.25, 0.3) is 0 Å². The third-order valence-electron chi connectivity index (χ3n) is 3.71. The van der Waals surface area contributed by atoms with Crippen LogP contribution in [0.5, 0.6) is 5.75 Å². The number of aliphatic carboxylic acids is 1. The van der Waals surface area contributed by atoms with Crippen LogP contribution in [0, 0.1) is 0 Å². The fourth-order valence-corrected chi connectivity index (χ4v) is 1.76. The van der Waals surface area contributed by atoms with Crippen molar-refractivity contribution in [3.63, 3.8) is 0 Å². The van der Waals surface area contributed by atoms with Gasteiger partial charge in [0.1, 0.15) is 11.3 Å². The van der Waals surface area contributed by atoms with E-state index in [0.717, 1.165) is 4.90 Å². The Morgan fingerprint density at radius 1 is 1.14 bits per heavy atom. The van der Waals surface area contributed by atoms with Crippen LogP contribution in [0.3, 0.4) is 0 Å². The zero-order valence-corrected chi connectivity index (χ0v) is 13.3. The molecule has 1 aromatic rings. The SMILES string of the molecule is COc1ccc(C(=O)CCC(=O)N(C)C(C)(C)C(=O)O)cc1. The van der Waals surface area contributed by atoms with Crippen molar-refractivity contribution < 1.29 is 24.2 Å². The fraction of sp³-hybridized carbons (Fsp3) is 0.438. The minimum atomic E-state index is -1.31. The quantitative estimate of drug-likeness (QED) is 0.779. The average Bonchev–Trinajstić information content (AvgIpc) is 2.51. The molecule has 1 N–H and O–H groups in total. The van der Waals surface area contributed by atoms with Crippen LogP contribution < -0.4 is 4.74 Å². The van der Waals surface area contributed by atoms with E-state index in [4.69, 9.17) is 9.84 Å². The number of carboxylic acid groups (broad SMARTS) is 1. The second-order valence-corrected chi connectivity index (χ2v) is 5.47. The lowest BCUT2D eigenvalue weighted by atomic mass is 10.0. The van der Waals surface area contributed by atoms with Gasteiger partial charge >= 0.3 is 5.97 Å². The second kappa shape index (κ2) is 7.06. The van der Waals surface area contributed by atoms with E-state index in [1.165, 1.54) is 28.0 Å². The van der Waals surface area contributed by atoms with Crippen LogP contribution in [0.1, 0.15) is 37.0 Å². The molecule has 6 heteroatoms. The summed E-state index contributed by atoms with van der Waals surface area (Å²) in [6.45, 7) is 2.89. The van der Waals surface area contributed by atoms with Gasteiger partial charge in [0.2, 0.25) is 5.91 Å². The molecule has 22 heavy (non-hydrogen) atoms. The van der Waals surface area contributed by atoms with E-state index >= 15 is 0 Å². The van der Waals surface area contributed by atoms with E-state index in [0.29, 0.717) is 11.3 Å². The number of likely N-dealkylation sites (N-methyl/N-ethyl adjacent to an activating group) is 1. The molecule has 1 aromatic carbocycles. The molecule has 0 atom stereocenters. The number of ether oxygens (including phenoxy) is 1. The maximum Gasteiger partial charge on any atom is 0.329 e. The van der Waals surface area contributed by atoms with Gasteiger partial charge in [0.15, 0.2) is 5.78 Å². The molecule has 1 rings (SSSR count). The van der Waals surface area contributed by atoms with E-state index < -0.39 is 11.5 Å². The largest absolute Gasteiger partial charge is 0.497 e. The van der Waals surface area contributed by atoms with Crippen LogP contribution in [-0.4, -0.2) is 47.4 Å². The molecular formula is C16H21NO5. The molecular weight excluding hydrogens is 286 g/mol. The molecule has 0 aliphatic rings. The standard InChI is InChI=1S/C16H21NO5/c1-16(2,15(20)21)17(3)14(19)10-9-13(18)11-5-7-12(22-4)8-6-11/h5-8H,9-10H2,1-4H3,(H,20,21). The van der Waals surface area contributed by atoms with Crippen molar-refractivity contribution in [2.24, 2.45) is 0 Å². The summed E-state index contributed by atoms with van der Waals surface area (Å²) in [4.78, 5) is 36.3. The Hall–Kier alpha value is -2.37. The summed E-state index contributed by atoms with van der Waals surface area (Å²) in [5.74, 6) is -0.993. The van der Waals surface area contributed by atoms with Gasteiger partial charge in [-0.15, -0.1) is 0 Å². The number of hydrogen-bond acceptors (Lipinski definition) is 4. The number of ketones is 1. The summed E-state index contributed by atoms with van der Waals surface area (Å²) in [5, 5.41) is 9.09. The minimum Gasteiger partial charge on any atom is -0.497 e. The smallest absolute Gasteiger partial charge is 0.329 e. The van der Waals surface area contributed by atoms with Crippen LogP contribution in [-0.2, 0) is 9.59 Å². The highest BCUT2D eigenvalue weighted by Gasteiger charge is 2.34. The van der Waals surface area contributed by atoms with E-state index in [1.54, 1.807) is 24.3 Å². The molecule has 0 saturated carbocycles. The Morgan fingerprint density at radius 3 is 2.14 bits per heavy atom. The van der Waals surface area contributed by atoms with Gasteiger partial charge in [-0.3, -0.25) is 9.59 Å². The molecule has 0 unspecified atom stereocenters. The van der Waals surface area contributed by atoms with Gasteiger partial charge in [-0.1, -0.05) is 0 Å². The summed E-state index contributed by atoms with van der Waals surface area (Å²) in [5.41, 5.74) is -0.811. The third-order valence-corrected chi connectivity index (χ3v) is 3.71. The monoisotopic (exact) mass is 307 g/mol. The number of carbonyl (C=O) groups excluding carboxylic acids is 2. The number of rotatable bonds is 7. The summed E-state index contributed by atoms with van der Waals surface area (Å²) >= 11 is 0. The van der Waals surface area contributed by atoms with Crippen molar-refractivity contribution in [3.8, 4) is 5.75 Å². The molecule has 120 valence electrons. The Kier molecular flexibility index (Phi) is 5.68. The Morgan fingerprint density at radius 2 is 1.68 bits per heavy atom. The predicted octanol–water partition coefficient (Wildman–Crippen LogP) is 1.98. The first kappa shape index (κ1) is 17.7. The van der Waals surface area contributed by atoms with Crippen LogP contribution in [0.2, 0.25) is 0 Å². The molecule has 0 aromatic heterocycles. The lowest BCUT2D eigenvalue weighted by Crippen LogP contribution is -2.50. The van der Waals surface area contributed by atoms with Crippen LogP contribution in [0.4, 0.5) is 0 Å². The highest BCUT2D eigenvalue weighted by Crippen LogP contribution is 2.16. The first-order chi connectivity index (χ1) is 10.2. The molecule has 6 nitrogen and oxygen atoms in total. The Labute approximate surface area is 129 Å². The van der Waals surface area contributed by atoms with Crippen molar-refractivity contribution in [2.75, 3.05) is 14.2 Å². The van der Waals surface area contributed by atoms with E-state index in [-0.39, 0.29) is 24.5 Å². The van der Waals surface area contributed by atoms with E-state index in [2.05, 4.69) is 0 Å². The van der Waals surface area contributed by atoms with Crippen molar-refractivity contribution in [2.45, 2.75) is 32.2 Å². The maximum absolute atomic E-state index is 12.0. The van der Waals surface area contributed by atoms with Gasteiger partial charge in [-0.05, 0) is 38.1 Å². The summed E-state index contributed by atoms with van der Waals surface area (Å²) in [7, 11) is 2.96. The van der Waals surface area contributed by atoms with Crippen LogP contribution >= 0.6 is 0 Å². The number of methoxy groups -OCH3 is 1. The minimum absolute atomic E-state index is 0.0297. The van der Waals surface area contributed by atoms with Crippen molar-refractivity contribution in [3.05, 3.63) is 29.8 Å². The van der Waals surface area contributed by atoms with Gasteiger partial charge < -0.3 is 14.7 Å². The summed E-state index contributed by atoms with van der Waals surface area (Å²) in [6.07, 6.45) is 0.00325. The van der Waals surface area contributed by atoms with Gasteiger partial charge in [0, 0.05) is 25.5 Å². The predicted molar refractivity (Wildman–Crippen MR) is 81.0 cm³/mol. The number of amides is 1. The zero-order chi connectivity index (χ0) is 16.9. The Bertz CT molecular complexity index is 562. The fourth-order valence-electron chi connectivity index (χ4n) is 1.76. The van der Waals surface area contributed by atoms with Gasteiger partial charge in [-0.2, -0.15) is 0 Å². The summed E-state index contributed by atoms with van der Waals surface area (Å²) < 4.78 is 5.01. The topological polar surface area (TPSA) is 83.9 Å². The number of benzene rings is 1. The van der Waals surface area contributed by atoms with E-state index in [9.17, 15) is 14.4 Å². The highest BCUT2D eigenvalue weighted by atomic mass is 16.5. The average molecular weight is 307 g/mol. The molecule has 0 heterocycles. The number of hydrogen-bond donors (Lipinski definition) is 1. The Balaban J connectivity index is 2.63. The van der Waals surface area contributed by atoms with Gasteiger partial charge in [0.05, 0.1) is 7.11 Å². The highest BCUT2D eigenvalue weighted by molar-refractivity contribution is 5.98. The molecule has 0 aliphatic heterocycles. The van der Waals surface area contributed by atoms with Crippen LogP contribution in [0.25, 0.3) is 0 Å². The van der Waals surface area contributed by atoms with Crippen LogP contribution in [0.15, 0.2) is 24.3 Å².